The van der Waals surface area contributed by atoms with Gasteiger partial charge in [-0.25, -0.2) is 4.98 Å². The fourth-order valence-corrected chi connectivity index (χ4v) is 2.11. The molecule has 2 heterocycles. The molecule has 0 aliphatic rings. The summed E-state index contributed by atoms with van der Waals surface area (Å²) in [7, 11) is 0. The lowest BCUT2D eigenvalue weighted by atomic mass is 10.1. The maximum Gasteiger partial charge on any atom is 0.268 e. The number of ketones is 2. The highest BCUT2D eigenvalue weighted by Gasteiger charge is 2.21. The maximum atomic E-state index is 11.9. The van der Waals surface area contributed by atoms with Crippen LogP contribution in [0.2, 0.25) is 0 Å². The van der Waals surface area contributed by atoms with Crippen LogP contribution in [-0.4, -0.2) is 31.9 Å². The molecule has 3 aromatic rings. The van der Waals surface area contributed by atoms with Gasteiger partial charge in [0.25, 0.3) is 5.78 Å². The average Bonchev–Trinajstić information content (AvgIpc) is 3.21. The third-order valence-electron chi connectivity index (χ3n) is 3.24. The molecule has 0 amide bonds. The summed E-state index contributed by atoms with van der Waals surface area (Å²) in [5, 5.41) is 15.2. The van der Waals surface area contributed by atoms with Crippen LogP contribution in [0.5, 0.6) is 5.75 Å². The van der Waals surface area contributed by atoms with E-state index in [0.717, 1.165) is 5.56 Å². The first-order valence-electron chi connectivity index (χ1n) is 6.90. The number of nitrogens with one attached hydrogen (secondary N) is 1. The fraction of sp³-hybridized carbons (Fsp3) is 0.125. The molecule has 116 valence electrons. The first kappa shape index (κ1) is 14.7. The lowest BCUT2D eigenvalue weighted by molar-refractivity contribution is -0.114. The summed E-state index contributed by atoms with van der Waals surface area (Å²) >= 11 is 0. The Kier molecular flexibility index (Phi) is 4.01. The summed E-state index contributed by atoms with van der Waals surface area (Å²) in [5.74, 6) is -0.245. The van der Waals surface area contributed by atoms with Gasteiger partial charge in [-0.2, -0.15) is 0 Å². The van der Waals surface area contributed by atoms with E-state index in [2.05, 4.69) is 15.2 Å². The van der Waals surface area contributed by atoms with Gasteiger partial charge in [0.1, 0.15) is 23.6 Å². The van der Waals surface area contributed by atoms with Crippen molar-refractivity contribution in [3.63, 3.8) is 0 Å². The minimum absolute atomic E-state index is 0.136. The Bertz CT molecular complexity index is 819. The largest absolute Gasteiger partial charge is 0.508 e. The lowest BCUT2D eigenvalue weighted by Crippen LogP contribution is -2.17. The van der Waals surface area contributed by atoms with Crippen molar-refractivity contribution in [3.8, 4) is 5.75 Å². The van der Waals surface area contributed by atoms with Crippen LogP contribution in [0, 0.1) is 0 Å². The van der Waals surface area contributed by atoms with Gasteiger partial charge in [-0.1, -0.05) is 12.1 Å². The molecule has 0 fully saturated rings. The number of aromatic amines is 1. The Labute approximate surface area is 131 Å². The molecule has 0 atom stereocenters. The molecule has 0 unspecified atom stereocenters. The van der Waals surface area contributed by atoms with Crippen molar-refractivity contribution >= 4 is 11.6 Å². The molecule has 23 heavy (non-hydrogen) atoms. The molecule has 0 saturated heterocycles. The van der Waals surface area contributed by atoms with Crippen LogP contribution < -0.4 is 0 Å². The van der Waals surface area contributed by atoms with Gasteiger partial charge in [-0.15, -0.1) is 5.10 Å². The van der Waals surface area contributed by atoms with Gasteiger partial charge in [0.15, 0.2) is 0 Å². The first-order valence-corrected chi connectivity index (χ1v) is 6.90. The molecular weight excluding hydrogens is 298 g/mol. The monoisotopic (exact) mass is 311 g/mol. The van der Waals surface area contributed by atoms with Crippen molar-refractivity contribution in [2.75, 3.05) is 0 Å². The highest BCUT2D eigenvalue weighted by molar-refractivity contribution is 6.42. The molecule has 1 aromatic carbocycles. The molecule has 0 aliphatic heterocycles. The zero-order chi connectivity index (χ0) is 16.2. The molecule has 2 N–H and O–H groups in total. The standard InChI is InChI=1S/C16H13N3O4/c20-11-3-1-10(2-4-11)7-12-5-6-13(23-12)8-14(21)15(22)16-17-9-18-19-16/h1-6,9,20H,7-8H2,(H,17,18,19). The number of nitrogens with zero attached hydrogens (tertiary/aromatic N) is 2. The second-order valence-corrected chi connectivity index (χ2v) is 4.96. The minimum Gasteiger partial charge on any atom is -0.508 e. The second-order valence-electron chi connectivity index (χ2n) is 4.96. The van der Waals surface area contributed by atoms with Crippen LogP contribution >= 0.6 is 0 Å². The third-order valence-corrected chi connectivity index (χ3v) is 3.24. The van der Waals surface area contributed by atoms with E-state index in [4.69, 9.17) is 4.42 Å². The predicted molar refractivity (Wildman–Crippen MR) is 79.0 cm³/mol. The normalized spacial score (nSPS) is 10.6. The topological polar surface area (TPSA) is 109 Å². The Hall–Kier alpha value is -3.22. The van der Waals surface area contributed by atoms with Crippen molar-refractivity contribution in [2.45, 2.75) is 12.8 Å². The number of aromatic hydroxyl groups is 1. The average molecular weight is 311 g/mol. The molecule has 0 radical (unpaired) electrons. The Morgan fingerprint density at radius 3 is 2.52 bits per heavy atom. The number of H-pyrrole nitrogens is 1. The van der Waals surface area contributed by atoms with Crippen molar-refractivity contribution in [1.82, 2.24) is 15.2 Å². The molecule has 0 spiro atoms. The van der Waals surface area contributed by atoms with Crippen LogP contribution in [-0.2, 0) is 17.6 Å². The van der Waals surface area contributed by atoms with Gasteiger partial charge in [0.2, 0.25) is 11.6 Å². The summed E-state index contributed by atoms with van der Waals surface area (Å²) in [4.78, 5) is 27.3. The first-order chi connectivity index (χ1) is 11.1. The van der Waals surface area contributed by atoms with Gasteiger partial charge in [-0.3, -0.25) is 14.7 Å². The van der Waals surface area contributed by atoms with E-state index in [1.165, 1.54) is 6.33 Å². The van der Waals surface area contributed by atoms with E-state index in [-0.39, 0.29) is 18.0 Å². The SMILES string of the molecule is O=C(Cc1ccc(Cc2ccc(O)cc2)o1)C(=O)c1nc[nH]n1. The van der Waals surface area contributed by atoms with E-state index in [9.17, 15) is 14.7 Å². The van der Waals surface area contributed by atoms with Crippen molar-refractivity contribution in [1.29, 1.82) is 0 Å². The maximum absolute atomic E-state index is 11.9. The Morgan fingerprint density at radius 1 is 1.09 bits per heavy atom. The number of phenols is 1. The highest BCUT2D eigenvalue weighted by atomic mass is 16.3. The van der Waals surface area contributed by atoms with E-state index in [1.807, 2.05) is 0 Å². The minimum atomic E-state index is -0.747. The summed E-state index contributed by atoms with van der Waals surface area (Å²) < 4.78 is 5.57. The number of furan rings is 1. The summed E-state index contributed by atoms with van der Waals surface area (Å²) in [6.45, 7) is 0. The van der Waals surface area contributed by atoms with E-state index < -0.39 is 11.6 Å². The van der Waals surface area contributed by atoms with Crippen molar-refractivity contribution in [2.24, 2.45) is 0 Å². The van der Waals surface area contributed by atoms with Gasteiger partial charge in [-0.05, 0) is 29.8 Å². The summed E-state index contributed by atoms with van der Waals surface area (Å²) in [6.07, 6.45) is 1.63. The second kappa shape index (κ2) is 6.27. The van der Waals surface area contributed by atoms with Crippen LogP contribution in [0.1, 0.15) is 27.7 Å². The smallest absolute Gasteiger partial charge is 0.268 e. The van der Waals surface area contributed by atoms with Crippen LogP contribution in [0.3, 0.4) is 0 Å². The number of aromatic nitrogens is 3. The molecule has 7 nitrogen and oxygen atoms in total. The number of Topliss-reactive ketones (excluding diaryl/α,β-unsaturated/α-hetero) is 2. The summed E-state index contributed by atoms with van der Waals surface area (Å²) in [6, 6.07) is 10.2. The van der Waals surface area contributed by atoms with Gasteiger partial charge in [0, 0.05) is 6.42 Å². The number of carbonyl (C=O) groups is 2. The third kappa shape index (κ3) is 3.52. The predicted octanol–water partition coefficient (Wildman–Crippen LogP) is 1.69. The number of hydrogen-bond donors (Lipinski definition) is 2. The molecular formula is C16H13N3O4. The molecule has 0 aliphatic carbocycles. The van der Waals surface area contributed by atoms with E-state index in [1.54, 1.807) is 36.4 Å². The Morgan fingerprint density at radius 2 is 1.83 bits per heavy atom. The molecule has 2 aromatic heterocycles. The van der Waals surface area contributed by atoms with Crippen LogP contribution in [0.15, 0.2) is 47.1 Å². The zero-order valence-corrected chi connectivity index (χ0v) is 12.0. The molecule has 0 saturated carbocycles. The molecule has 7 heteroatoms. The van der Waals surface area contributed by atoms with Crippen molar-refractivity contribution < 1.29 is 19.1 Å². The van der Waals surface area contributed by atoms with Crippen molar-refractivity contribution in [3.05, 3.63) is 65.6 Å². The van der Waals surface area contributed by atoms with E-state index in [0.29, 0.717) is 17.9 Å². The number of benzene rings is 1. The fourth-order valence-electron chi connectivity index (χ4n) is 2.11. The quantitative estimate of drug-likeness (QED) is 0.529. The highest BCUT2D eigenvalue weighted by Crippen LogP contribution is 2.16. The van der Waals surface area contributed by atoms with Gasteiger partial charge in [0.05, 0.1) is 6.42 Å². The zero-order valence-electron chi connectivity index (χ0n) is 12.0. The molecule has 3 rings (SSSR count). The van der Waals surface area contributed by atoms with E-state index >= 15 is 0 Å². The lowest BCUT2D eigenvalue weighted by Gasteiger charge is -1.99. The Balaban J connectivity index is 1.64. The number of phenolic OH excluding ortho intramolecular Hbond substituents is 1. The van der Waals surface area contributed by atoms with Gasteiger partial charge < -0.3 is 9.52 Å². The number of carbonyl (C=O) groups excluding carboxylic acids is 2. The van der Waals surface area contributed by atoms with Crippen LogP contribution in [0.25, 0.3) is 0 Å². The summed E-state index contributed by atoms with van der Waals surface area (Å²) in [5.41, 5.74) is 0.965. The molecule has 0 bridgehead atoms. The van der Waals surface area contributed by atoms with Gasteiger partial charge >= 0.3 is 0 Å². The number of hydrogen-bond acceptors (Lipinski definition) is 6. The van der Waals surface area contributed by atoms with Crippen LogP contribution in [0.4, 0.5) is 0 Å². The number of rotatable bonds is 6.